The van der Waals surface area contributed by atoms with Crippen molar-refractivity contribution in [3.63, 3.8) is 0 Å². The fourth-order valence-corrected chi connectivity index (χ4v) is 7.22. The van der Waals surface area contributed by atoms with Gasteiger partial charge in [0.2, 0.25) is 15.6 Å². The number of hydrogen-bond acceptors (Lipinski definition) is 9. The number of fused-ring (bicyclic) bond motifs is 1. The topological polar surface area (TPSA) is 157 Å². The SMILES string of the molecule is Cc1noc(C)c1S(=O)(=O)NC[C@H]1CN(S(=O)(=O)c2ccc(F)c(Cl)c2)c2cc(NC(=O)OC(C)(C)C(F)(F)F)ccc2O1. The molecule has 1 atom stereocenters. The molecule has 0 saturated heterocycles. The van der Waals surface area contributed by atoms with Crippen LogP contribution in [-0.4, -0.2) is 59.1 Å². The molecule has 1 amide bonds. The predicted octanol–water partition coefficient (Wildman–Crippen LogP) is 4.91. The van der Waals surface area contributed by atoms with Crippen LogP contribution in [0, 0.1) is 19.7 Å². The molecule has 0 saturated carbocycles. The second-order valence-electron chi connectivity index (χ2n) is 10.1. The number of anilines is 2. The number of benzene rings is 2. The van der Waals surface area contributed by atoms with Gasteiger partial charge in [0.15, 0.2) is 5.76 Å². The smallest absolute Gasteiger partial charge is 0.427 e. The van der Waals surface area contributed by atoms with Crippen molar-refractivity contribution in [3.05, 3.63) is 58.7 Å². The molecule has 1 aromatic heterocycles. The summed E-state index contributed by atoms with van der Waals surface area (Å²) in [5.74, 6) is -0.949. The molecule has 2 N–H and O–H groups in total. The summed E-state index contributed by atoms with van der Waals surface area (Å²) in [7, 11) is -8.72. The number of alkyl halides is 3. The Kier molecular flexibility index (Phi) is 8.86. The molecule has 240 valence electrons. The number of hydrogen-bond donors (Lipinski definition) is 2. The second kappa shape index (κ2) is 11.7. The molecule has 19 heteroatoms. The molecule has 2 heterocycles. The van der Waals surface area contributed by atoms with E-state index in [2.05, 4.69) is 19.9 Å². The van der Waals surface area contributed by atoms with Crippen molar-refractivity contribution < 1.29 is 53.2 Å². The molecule has 0 aliphatic carbocycles. The van der Waals surface area contributed by atoms with Crippen LogP contribution in [0.25, 0.3) is 0 Å². The first-order valence-corrected chi connectivity index (χ1v) is 15.8. The number of nitrogens with zero attached hydrogens (tertiary/aromatic N) is 2. The quantitative estimate of drug-likeness (QED) is 0.315. The molecule has 2 aromatic carbocycles. The van der Waals surface area contributed by atoms with Crippen molar-refractivity contribution >= 4 is 49.1 Å². The Morgan fingerprint density at radius 1 is 1.14 bits per heavy atom. The number of sulfonamides is 2. The number of carbonyl (C=O) groups is 1. The standard InChI is InChI=1S/C25H25ClF4N4O8S2/c1-13-22(14(2)42-33-13)43(36,37)31-11-16-12-34(44(38,39)17-6-7-19(27)18(26)10-17)20-9-15(5-8-21(20)40-16)32-23(35)41-24(3,4)25(28,29)30/h5-10,16,31H,11-12H2,1-4H3,(H,32,35)/t16-/m0/s1. The van der Waals surface area contributed by atoms with E-state index in [1.165, 1.54) is 26.0 Å². The van der Waals surface area contributed by atoms with Gasteiger partial charge in [0.25, 0.3) is 10.0 Å². The molecule has 3 aromatic rings. The highest BCUT2D eigenvalue weighted by Gasteiger charge is 2.51. The summed E-state index contributed by atoms with van der Waals surface area (Å²) in [6.07, 6.45) is -7.48. The van der Waals surface area contributed by atoms with E-state index in [-0.39, 0.29) is 33.5 Å². The van der Waals surface area contributed by atoms with Gasteiger partial charge in [-0.3, -0.25) is 9.62 Å². The average molecular weight is 685 g/mol. The molecule has 44 heavy (non-hydrogen) atoms. The van der Waals surface area contributed by atoms with Crippen LogP contribution in [0.15, 0.2) is 50.7 Å². The maximum absolute atomic E-state index is 13.8. The van der Waals surface area contributed by atoms with Crippen LogP contribution in [0.3, 0.4) is 0 Å². The summed E-state index contributed by atoms with van der Waals surface area (Å²) in [6, 6.07) is 6.19. The number of aromatic nitrogens is 1. The van der Waals surface area contributed by atoms with Crippen LogP contribution in [0.2, 0.25) is 5.02 Å². The largest absolute Gasteiger partial charge is 0.485 e. The number of rotatable bonds is 8. The molecule has 1 aliphatic heterocycles. The predicted molar refractivity (Wildman–Crippen MR) is 148 cm³/mol. The van der Waals surface area contributed by atoms with Gasteiger partial charge in [0.1, 0.15) is 28.3 Å². The summed E-state index contributed by atoms with van der Waals surface area (Å²) in [6.45, 7) is 3.19. The van der Waals surface area contributed by atoms with Gasteiger partial charge in [-0.1, -0.05) is 16.8 Å². The van der Waals surface area contributed by atoms with Gasteiger partial charge >= 0.3 is 12.3 Å². The highest BCUT2D eigenvalue weighted by molar-refractivity contribution is 7.92. The first-order chi connectivity index (χ1) is 20.2. The summed E-state index contributed by atoms with van der Waals surface area (Å²) < 4.78 is 125. The Hall–Kier alpha value is -3.61. The third-order valence-electron chi connectivity index (χ3n) is 6.38. The minimum absolute atomic E-state index is 0.0273. The van der Waals surface area contributed by atoms with E-state index in [0.717, 1.165) is 28.6 Å². The van der Waals surface area contributed by atoms with E-state index in [9.17, 15) is 39.2 Å². The first-order valence-electron chi connectivity index (χ1n) is 12.5. The Morgan fingerprint density at radius 3 is 2.41 bits per heavy atom. The normalized spacial score (nSPS) is 15.8. The number of aryl methyl sites for hydroxylation is 2. The van der Waals surface area contributed by atoms with Gasteiger partial charge < -0.3 is 14.0 Å². The molecule has 0 spiro atoms. The third kappa shape index (κ3) is 6.72. The summed E-state index contributed by atoms with van der Waals surface area (Å²) in [4.78, 5) is 11.6. The van der Waals surface area contributed by atoms with E-state index in [1.807, 2.05) is 0 Å². The van der Waals surface area contributed by atoms with Crippen LogP contribution < -0.4 is 19.1 Å². The van der Waals surface area contributed by atoms with Crippen LogP contribution >= 0.6 is 11.6 Å². The lowest BCUT2D eigenvalue weighted by Gasteiger charge is -2.36. The van der Waals surface area contributed by atoms with Gasteiger partial charge in [-0.05, 0) is 64.1 Å². The van der Waals surface area contributed by atoms with E-state index in [1.54, 1.807) is 0 Å². The molecule has 12 nitrogen and oxygen atoms in total. The van der Waals surface area contributed by atoms with Gasteiger partial charge in [-0.15, -0.1) is 0 Å². The highest BCUT2D eigenvalue weighted by atomic mass is 35.5. The minimum atomic E-state index is -4.88. The lowest BCUT2D eigenvalue weighted by atomic mass is 10.1. The number of ether oxygens (including phenoxy) is 2. The zero-order valence-corrected chi connectivity index (χ0v) is 25.7. The van der Waals surface area contributed by atoms with Crippen molar-refractivity contribution in [1.82, 2.24) is 9.88 Å². The maximum Gasteiger partial charge on any atom is 0.427 e. The van der Waals surface area contributed by atoms with Crippen molar-refractivity contribution in [3.8, 4) is 5.75 Å². The Labute approximate surface area is 254 Å². The van der Waals surface area contributed by atoms with Crippen molar-refractivity contribution in [1.29, 1.82) is 0 Å². The lowest BCUT2D eigenvalue weighted by Crippen LogP contribution is -2.48. The molecule has 0 bridgehead atoms. The van der Waals surface area contributed by atoms with E-state index >= 15 is 0 Å². The summed E-state index contributed by atoms with van der Waals surface area (Å²) in [5, 5.41) is 5.24. The zero-order valence-electron chi connectivity index (χ0n) is 23.3. The molecule has 1 aliphatic rings. The minimum Gasteiger partial charge on any atom is -0.485 e. The number of nitrogens with one attached hydrogen (secondary N) is 2. The van der Waals surface area contributed by atoms with Crippen molar-refractivity contribution in [2.75, 3.05) is 22.7 Å². The van der Waals surface area contributed by atoms with Crippen molar-refractivity contribution in [2.24, 2.45) is 0 Å². The fraction of sp³-hybridized carbons (Fsp3) is 0.360. The molecule has 0 fully saturated rings. The van der Waals surface area contributed by atoms with Gasteiger partial charge in [0, 0.05) is 12.2 Å². The third-order valence-corrected chi connectivity index (χ3v) is 10.1. The number of carbonyl (C=O) groups excluding carboxylic acids is 1. The first kappa shape index (κ1) is 33.3. The Morgan fingerprint density at radius 2 is 1.82 bits per heavy atom. The molecular formula is C25H25ClF4N4O8S2. The second-order valence-corrected chi connectivity index (χ2v) is 14.0. The van der Waals surface area contributed by atoms with Crippen LogP contribution in [0.1, 0.15) is 25.3 Å². The summed E-state index contributed by atoms with van der Waals surface area (Å²) >= 11 is 5.82. The van der Waals surface area contributed by atoms with Crippen LogP contribution in [0.5, 0.6) is 5.75 Å². The molecule has 4 rings (SSSR count). The van der Waals surface area contributed by atoms with Gasteiger partial charge in [-0.25, -0.2) is 30.7 Å². The maximum atomic E-state index is 13.8. The monoisotopic (exact) mass is 684 g/mol. The molecular weight excluding hydrogens is 660 g/mol. The van der Waals surface area contributed by atoms with E-state index in [0.29, 0.717) is 13.8 Å². The number of amides is 1. The van der Waals surface area contributed by atoms with E-state index < -0.39 is 72.8 Å². The average Bonchev–Trinajstić information content (AvgIpc) is 3.26. The lowest BCUT2D eigenvalue weighted by molar-refractivity contribution is -0.242. The van der Waals surface area contributed by atoms with Gasteiger partial charge in [-0.2, -0.15) is 13.2 Å². The molecule has 0 unspecified atom stereocenters. The van der Waals surface area contributed by atoms with E-state index in [4.69, 9.17) is 20.9 Å². The zero-order chi connectivity index (χ0) is 32.8. The van der Waals surface area contributed by atoms with Crippen molar-refractivity contribution in [2.45, 2.75) is 55.4 Å². The van der Waals surface area contributed by atoms with Crippen LogP contribution in [-0.2, 0) is 24.8 Å². The van der Waals surface area contributed by atoms with Gasteiger partial charge in [0.05, 0.1) is 22.2 Å². The Bertz CT molecular complexity index is 1790. The highest BCUT2D eigenvalue weighted by Crippen LogP contribution is 2.40. The Balaban J connectivity index is 1.67. The fourth-order valence-electron chi connectivity index (χ4n) is 4.05. The van der Waals surface area contributed by atoms with Crippen LogP contribution in [0.4, 0.5) is 33.7 Å². The molecule has 0 radical (unpaired) electrons. The summed E-state index contributed by atoms with van der Waals surface area (Å²) in [5.41, 5.74) is -3.08. The number of halogens is 5.